The second-order valence-electron chi connectivity index (χ2n) is 2.75. The second-order valence-corrected chi connectivity index (χ2v) is 3.13. The van der Waals surface area contributed by atoms with Gasteiger partial charge in [0.05, 0.1) is 6.89 Å². The zero-order valence-corrected chi connectivity index (χ0v) is 7.57. The van der Waals surface area contributed by atoms with Crippen LogP contribution in [0, 0.1) is 0 Å². The molecule has 62 valence electrons. The predicted molar refractivity (Wildman–Crippen MR) is 52.7 cm³/mol. The summed E-state index contributed by atoms with van der Waals surface area (Å²) in [6.07, 6.45) is 2.77. The van der Waals surface area contributed by atoms with Crippen molar-refractivity contribution < 1.29 is 1.37 Å². The molecule has 0 radical (unpaired) electrons. The van der Waals surface area contributed by atoms with Gasteiger partial charge in [0.1, 0.15) is 0 Å². The molecule has 0 aliphatic heterocycles. The minimum absolute atomic E-state index is 0.408. The van der Waals surface area contributed by atoms with Crippen LogP contribution < -0.4 is 0 Å². The van der Waals surface area contributed by atoms with Crippen LogP contribution >= 0.6 is 11.6 Å². The molecule has 0 saturated carbocycles. The Bertz CT molecular complexity index is 447. The number of rotatable bonds is 1. The van der Waals surface area contributed by atoms with Crippen LogP contribution in [0.25, 0.3) is 10.9 Å². The molecule has 1 heterocycles. The van der Waals surface area contributed by atoms with Crippen LogP contribution in [0.2, 0.25) is 5.02 Å². The Labute approximate surface area is 77.8 Å². The zero-order valence-electron chi connectivity index (χ0n) is 7.82. The highest BCUT2D eigenvalue weighted by Gasteiger charge is 2.02. The summed E-state index contributed by atoms with van der Waals surface area (Å²) in [6.45, 7) is 2.07. The first-order valence-electron chi connectivity index (χ1n) is 4.49. The summed E-state index contributed by atoms with van der Waals surface area (Å²) < 4.78 is 7.64. The van der Waals surface area contributed by atoms with Crippen LogP contribution in [0.1, 0.15) is 13.9 Å². The SMILES string of the molecule is [2H]c1cc(CC)c2[nH]ccc2c1Cl. The van der Waals surface area contributed by atoms with Gasteiger partial charge in [-0.2, -0.15) is 0 Å². The molecule has 1 N–H and O–H groups in total. The van der Waals surface area contributed by atoms with E-state index in [4.69, 9.17) is 13.0 Å². The van der Waals surface area contributed by atoms with Gasteiger partial charge in [0.15, 0.2) is 0 Å². The first-order valence-corrected chi connectivity index (χ1v) is 4.37. The average molecular weight is 181 g/mol. The normalized spacial score (nSPS) is 12.0. The summed E-state index contributed by atoms with van der Waals surface area (Å²) in [5, 5.41) is 1.49. The molecule has 12 heavy (non-hydrogen) atoms. The van der Waals surface area contributed by atoms with E-state index < -0.39 is 0 Å². The first kappa shape index (κ1) is 6.55. The summed E-state index contributed by atoms with van der Waals surface area (Å²) in [5.41, 5.74) is 2.21. The van der Waals surface area contributed by atoms with Gasteiger partial charge in [-0.15, -0.1) is 0 Å². The van der Waals surface area contributed by atoms with E-state index >= 15 is 0 Å². The number of hydrogen-bond donors (Lipinski definition) is 1. The van der Waals surface area contributed by atoms with E-state index in [1.165, 1.54) is 0 Å². The Hall–Kier alpha value is -0.950. The number of hydrogen-bond acceptors (Lipinski definition) is 0. The molecule has 1 aromatic carbocycles. The molecule has 0 unspecified atom stereocenters. The molecule has 0 amide bonds. The van der Waals surface area contributed by atoms with Crippen molar-refractivity contribution >= 4 is 22.5 Å². The monoisotopic (exact) mass is 180 g/mol. The number of fused-ring (bicyclic) bond motifs is 1. The molecule has 0 fully saturated rings. The Kier molecular flexibility index (Phi) is 1.55. The molecule has 0 spiro atoms. The van der Waals surface area contributed by atoms with E-state index in [1.807, 2.05) is 18.3 Å². The quantitative estimate of drug-likeness (QED) is 0.693. The van der Waals surface area contributed by atoms with E-state index in [2.05, 4.69) is 11.9 Å². The Balaban J connectivity index is 2.87. The smallest absolute Gasteiger partial charge is 0.0639 e. The lowest BCUT2D eigenvalue weighted by Gasteiger charge is -2.00. The summed E-state index contributed by atoms with van der Waals surface area (Å²) in [7, 11) is 0. The van der Waals surface area contributed by atoms with Gasteiger partial charge in [0, 0.05) is 16.6 Å². The molecule has 0 aliphatic rings. The molecular weight excluding hydrogens is 170 g/mol. The largest absolute Gasteiger partial charge is 0.361 e. The molecule has 1 nitrogen and oxygen atoms in total. The molecule has 2 aromatic rings. The standard InChI is InChI=1S/C10H10ClN/c1-2-7-3-4-9(11)8-5-6-12-10(7)8/h3-6,12H,2H2,1H3/i4D. The van der Waals surface area contributed by atoms with Gasteiger partial charge in [-0.1, -0.05) is 24.6 Å². The maximum atomic E-state index is 7.64. The second kappa shape index (κ2) is 2.83. The van der Waals surface area contributed by atoms with E-state index in [0.717, 1.165) is 22.9 Å². The highest BCUT2D eigenvalue weighted by Crippen LogP contribution is 2.25. The van der Waals surface area contributed by atoms with Crippen LogP contribution in [0.3, 0.4) is 0 Å². The Morgan fingerprint density at radius 2 is 2.42 bits per heavy atom. The maximum absolute atomic E-state index is 7.64. The predicted octanol–water partition coefficient (Wildman–Crippen LogP) is 3.38. The van der Waals surface area contributed by atoms with Gasteiger partial charge in [0.25, 0.3) is 0 Å². The lowest BCUT2D eigenvalue weighted by atomic mass is 10.1. The van der Waals surface area contributed by atoms with Gasteiger partial charge >= 0.3 is 0 Å². The van der Waals surface area contributed by atoms with Crippen molar-refractivity contribution in [1.82, 2.24) is 4.98 Å². The van der Waals surface area contributed by atoms with Crippen molar-refractivity contribution in [3.8, 4) is 0 Å². The minimum atomic E-state index is 0.408. The molecule has 0 aliphatic carbocycles. The van der Waals surface area contributed by atoms with Crippen molar-refractivity contribution in [2.75, 3.05) is 0 Å². The van der Waals surface area contributed by atoms with Crippen molar-refractivity contribution in [2.24, 2.45) is 0 Å². The fourth-order valence-electron chi connectivity index (χ4n) is 1.40. The van der Waals surface area contributed by atoms with Gasteiger partial charge in [-0.3, -0.25) is 0 Å². The zero-order chi connectivity index (χ0) is 9.42. The Morgan fingerprint density at radius 3 is 3.17 bits per heavy atom. The highest BCUT2D eigenvalue weighted by molar-refractivity contribution is 6.35. The van der Waals surface area contributed by atoms with Gasteiger partial charge < -0.3 is 4.98 Å². The third-order valence-corrected chi connectivity index (χ3v) is 2.37. The summed E-state index contributed by atoms with van der Waals surface area (Å²) in [6, 6.07) is 4.14. The number of nitrogens with one attached hydrogen (secondary N) is 1. The van der Waals surface area contributed by atoms with Crippen molar-refractivity contribution in [1.29, 1.82) is 0 Å². The van der Waals surface area contributed by atoms with Crippen LogP contribution in [0.15, 0.2) is 24.4 Å². The molecule has 0 bridgehead atoms. The summed E-state index contributed by atoms with van der Waals surface area (Å²) in [5.74, 6) is 0. The first-order chi connectivity index (χ1) is 6.24. The molecule has 0 saturated heterocycles. The number of aromatic nitrogens is 1. The fourth-order valence-corrected chi connectivity index (χ4v) is 1.61. The molecular formula is C10H10ClN. The average Bonchev–Trinajstić information content (AvgIpc) is 2.60. The minimum Gasteiger partial charge on any atom is -0.361 e. The molecule has 0 atom stereocenters. The van der Waals surface area contributed by atoms with Gasteiger partial charge in [-0.25, -0.2) is 0 Å². The van der Waals surface area contributed by atoms with Gasteiger partial charge in [0.2, 0.25) is 0 Å². The van der Waals surface area contributed by atoms with E-state index in [0.29, 0.717) is 11.1 Å². The van der Waals surface area contributed by atoms with Crippen molar-refractivity contribution in [2.45, 2.75) is 13.3 Å². The number of benzene rings is 1. The van der Waals surface area contributed by atoms with Crippen LogP contribution in [0.5, 0.6) is 0 Å². The summed E-state index contributed by atoms with van der Waals surface area (Å²) >= 11 is 5.99. The highest BCUT2D eigenvalue weighted by atomic mass is 35.5. The van der Waals surface area contributed by atoms with Crippen LogP contribution in [0.4, 0.5) is 0 Å². The maximum Gasteiger partial charge on any atom is 0.0639 e. The molecule has 1 aromatic heterocycles. The van der Waals surface area contributed by atoms with E-state index in [9.17, 15) is 0 Å². The third kappa shape index (κ3) is 1.01. The lowest BCUT2D eigenvalue weighted by Crippen LogP contribution is -1.82. The van der Waals surface area contributed by atoms with Crippen LogP contribution in [-0.4, -0.2) is 4.98 Å². The fraction of sp³-hybridized carbons (Fsp3) is 0.200. The Morgan fingerprint density at radius 1 is 1.58 bits per heavy atom. The van der Waals surface area contributed by atoms with Crippen molar-refractivity contribution in [3.05, 3.63) is 35.0 Å². The summed E-state index contributed by atoms with van der Waals surface area (Å²) in [4.78, 5) is 3.14. The molecule has 2 heteroatoms. The van der Waals surface area contributed by atoms with Crippen LogP contribution in [-0.2, 0) is 6.42 Å². The van der Waals surface area contributed by atoms with Gasteiger partial charge in [-0.05, 0) is 24.1 Å². The number of H-pyrrole nitrogens is 1. The van der Waals surface area contributed by atoms with E-state index in [1.54, 1.807) is 0 Å². The number of halogens is 1. The van der Waals surface area contributed by atoms with E-state index in [-0.39, 0.29) is 0 Å². The lowest BCUT2D eigenvalue weighted by molar-refractivity contribution is 1.15. The van der Waals surface area contributed by atoms with Crippen molar-refractivity contribution in [3.63, 3.8) is 0 Å². The third-order valence-electron chi connectivity index (χ3n) is 2.06. The topological polar surface area (TPSA) is 15.8 Å². The number of aryl methyl sites for hydroxylation is 1. The molecule has 2 rings (SSSR count). The number of aromatic amines is 1.